The van der Waals surface area contributed by atoms with Gasteiger partial charge in [0.2, 0.25) is 0 Å². The van der Waals surface area contributed by atoms with E-state index in [1.807, 2.05) is 6.20 Å². The molecule has 0 bridgehead atoms. The molecule has 2 nitrogen and oxygen atoms in total. The van der Waals surface area contributed by atoms with Crippen LogP contribution in [0.15, 0.2) is 24.0 Å². The largest absolute Gasteiger partial charge is 0.244 e. The Hall–Kier alpha value is -1.22. The maximum absolute atomic E-state index is 4.28. The molecule has 0 saturated heterocycles. The molecule has 0 unspecified atom stereocenters. The van der Waals surface area contributed by atoms with E-state index >= 15 is 0 Å². The number of aromatic nitrogens is 2. The van der Waals surface area contributed by atoms with Crippen molar-refractivity contribution >= 4 is 27.1 Å². The third-order valence-corrected chi connectivity index (χ3v) is 3.79. The molecule has 0 radical (unpaired) electrons. The number of hydrogen-bond donors (Lipinski definition) is 0. The minimum absolute atomic E-state index is 1.10. The molecule has 76 valence electrons. The van der Waals surface area contributed by atoms with Crippen molar-refractivity contribution in [2.24, 2.45) is 0 Å². The molecule has 3 heteroatoms. The van der Waals surface area contributed by atoms with Crippen LogP contribution in [0.5, 0.6) is 0 Å². The molecule has 2 aromatic heterocycles. The van der Waals surface area contributed by atoms with Gasteiger partial charge in [-0.3, -0.25) is 0 Å². The molecule has 0 amide bonds. The first-order valence-electron chi connectivity index (χ1n) is 5.32. The van der Waals surface area contributed by atoms with Gasteiger partial charge in [0, 0.05) is 17.0 Å². The Labute approximate surface area is 92.7 Å². The molecular weight excluding hydrogens is 204 g/mol. The van der Waals surface area contributed by atoms with E-state index in [1.54, 1.807) is 17.7 Å². The molecule has 0 spiro atoms. The van der Waals surface area contributed by atoms with Crippen LogP contribution in [0.2, 0.25) is 0 Å². The van der Waals surface area contributed by atoms with Gasteiger partial charge in [-0.05, 0) is 36.8 Å². The fraction of sp³-hybridized carbons (Fsp3) is 0.333. The van der Waals surface area contributed by atoms with E-state index in [1.165, 1.54) is 42.2 Å². The maximum Gasteiger partial charge on any atom is 0.127 e. The van der Waals surface area contributed by atoms with Crippen molar-refractivity contribution in [2.45, 2.75) is 25.7 Å². The molecule has 1 aliphatic carbocycles. The lowest BCUT2D eigenvalue weighted by molar-refractivity contribution is 0.742. The fourth-order valence-electron chi connectivity index (χ4n) is 2.11. The van der Waals surface area contributed by atoms with Gasteiger partial charge in [-0.15, -0.1) is 11.3 Å². The summed E-state index contributed by atoms with van der Waals surface area (Å²) in [6.45, 7) is 0. The Kier molecular flexibility index (Phi) is 2.25. The fourth-order valence-corrected chi connectivity index (χ4v) is 3.01. The van der Waals surface area contributed by atoms with Crippen LogP contribution in [0.25, 0.3) is 15.8 Å². The number of allylic oxidation sites excluding steroid dienone is 2. The monoisotopic (exact) mass is 216 g/mol. The summed E-state index contributed by atoms with van der Waals surface area (Å²) in [6, 6.07) is 0. The van der Waals surface area contributed by atoms with Gasteiger partial charge in [-0.2, -0.15) is 0 Å². The summed E-state index contributed by atoms with van der Waals surface area (Å²) >= 11 is 1.72. The van der Waals surface area contributed by atoms with Crippen LogP contribution in [0.1, 0.15) is 31.2 Å². The molecule has 0 atom stereocenters. The van der Waals surface area contributed by atoms with Crippen LogP contribution in [0.4, 0.5) is 0 Å². The summed E-state index contributed by atoms with van der Waals surface area (Å²) in [4.78, 5) is 9.49. The number of hydrogen-bond acceptors (Lipinski definition) is 3. The topological polar surface area (TPSA) is 25.8 Å². The minimum atomic E-state index is 1.10. The lowest BCUT2D eigenvalue weighted by Crippen LogP contribution is -1.90. The zero-order valence-corrected chi connectivity index (χ0v) is 9.26. The van der Waals surface area contributed by atoms with Crippen LogP contribution in [-0.4, -0.2) is 9.97 Å². The smallest absolute Gasteiger partial charge is 0.127 e. The molecule has 0 fully saturated rings. The van der Waals surface area contributed by atoms with Crippen molar-refractivity contribution in [1.82, 2.24) is 9.97 Å². The summed E-state index contributed by atoms with van der Waals surface area (Å²) in [5.41, 5.74) is 2.85. The van der Waals surface area contributed by atoms with E-state index in [0.717, 1.165) is 4.83 Å². The predicted molar refractivity (Wildman–Crippen MR) is 63.9 cm³/mol. The van der Waals surface area contributed by atoms with E-state index in [4.69, 9.17) is 0 Å². The van der Waals surface area contributed by atoms with E-state index in [9.17, 15) is 0 Å². The van der Waals surface area contributed by atoms with Gasteiger partial charge >= 0.3 is 0 Å². The molecule has 2 heterocycles. The van der Waals surface area contributed by atoms with Gasteiger partial charge in [0.1, 0.15) is 11.2 Å². The maximum atomic E-state index is 4.28. The highest BCUT2D eigenvalue weighted by Crippen LogP contribution is 2.34. The summed E-state index contributed by atoms with van der Waals surface area (Å²) in [5.74, 6) is 0. The van der Waals surface area contributed by atoms with E-state index in [0.29, 0.717) is 0 Å². The quantitative estimate of drug-likeness (QED) is 0.727. The standard InChI is InChI=1S/C12H12N2S/c1-2-4-9(5-3-1)11-7-15-12-10(11)6-13-8-14-12/h4,6-8H,1-3,5H2. The zero-order valence-electron chi connectivity index (χ0n) is 8.44. The number of fused-ring (bicyclic) bond motifs is 1. The van der Waals surface area contributed by atoms with Crippen molar-refractivity contribution in [3.63, 3.8) is 0 Å². The van der Waals surface area contributed by atoms with Crippen molar-refractivity contribution in [1.29, 1.82) is 0 Å². The lowest BCUT2D eigenvalue weighted by atomic mass is 9.94. The third kappa shape index (κ3) is 1.57. The Morgan fingerprint density at radius 1 is 1.27 bits per heavy atom. The first-order chi connectivity index (χ1) is 7.45. The number of nitrogens with zero attached hydrogens (tertiary/aromatic N) is 2. The SMILES string of the molecule is C1=C(c2csc3ncncc23)CCCC1. The summed E-state index contributed by atoms with van der Waals surface area (Å²) in [6.07, 6.45) is 11.0. The summed E-state index contributed by atoms with van der Waals surface area (Å²) < 4.78 is 0. The Morgan fingerprint density at radius 3 is 3.13 bits per heavy atom. The Balaban J connectivity index is 2.14. The summed E-state index contributed by atoms with van der Waals surface area (Å²) in [7, 11) is 0. The molecule has 0 aliphatic heterocycles. The molecule has 1 aliphatic rings. The average molecular weight is 216 g/mol. The minimum Gasteiger partial charge on any atom is -0.244 e. The molecule has 0 aromatic carbocycles. The second kappa shape index (κ2) is 3.74. The second-order valence-corrected chi connectivity index (χ2v) is 4.72. The molecule has 15 heavy (non-hydrogen) atoms. The highest BCUT2D eigenvalue weighted by molar-refractivity contribution is 7.17. The van der Waals surface area contributed by atoms with Crippen LogP contribution >= 0.6 is 11.3 Å². The van der Waals surface area contributed by atoms with Crippen LogP contribution < -0.4 is 0 Å². The molecular formula is C12H12N2S. The second-order valence-electron chi connectivity index (χ2n) is 3.87. The highest BCUT2D eigenvalue weighted by atomic mass is 32.1. The van der Waals surface area contributed by atoms with Crippen LogP contribution in [0, 0.1) is 0 Å². The van der Waals surface area contributed by atoms with Crippen LogP contribution in [-0.2, 0) is 0 Å². The van der Waals surface area contributed by atoms with Gasteiger partial charge < -0.3 is 0 Å². The number of rotatable bonds is 1. The van der Waals surface area contributed by atoms with Gasteiger partial charge in [0.25, 0.3) is 0 Å². The third-order valence-electron chi connectivity index (χ3n) is 2.89. The van der Waals surface area contributed by atoms with E-state index in [2.05, 4.69) is 21.4 Å². The predicted octanol–water partition coefficient (Wildman–Crippen LogP) is 3.65. The zero-order chi connectivity index (χ0) is 10.1. The van der Waals surface area contributed by atoms with Gasteiger partial charge in [-0.25, -0.2) is 9.97 Å². The first-order valence-corrected chi connectivity index (χ1v) is 6.20. The van der Waals surface area contributed by atoms with Crippen LogP contribution in [0.3, 0.4) is 0 Å². The molecule has 0 N–H and O–H groups in total. The van der Waals surface area contributed by atoms with Gasteiger partial charge in [-0.1, -0.05) is 6.08 Å². The Morgan fingerprint density at radius 2 is 2.27 bits per heavy atom. The van der Waals surface area contributed by atoms with E-state index in [-0.39, 0.29) is 0 Å². The van der Waals surface area contributed by atoms with Gasteiger partial charge in [0.15, 0.2) is 0 Å². The normalized spacial score (nSPS) is 16.7. The highest BCUT2D eigenvalue weighted by Gasteiger charge is 2.11. The van der Waals surface area contributed by atoms with Crippen molar-refractivity contribution in [2.75, 3.05) is 0 Å². The molecule has 0 saturated carbocycles. The van der Waals surface area contributed by atoms with Gasteiger partial charge in [0.05, 0.1) is 0 Å². The molecule has 3 rings (SSSR count). The van der Waals surface area contributed by atoms with Crippen molar-refractivity contribution in [3.05, 3.63) is 29.5 Å². The summed E-state index contributed by atoms with van der Waals surface area (Å²) in [5, 5.41) is 3.44. The Bertz CT molecular complexity index is 513. The lowest BCUT2D eigenvalue weighted by Gasteiger charge is -2.11. The molecule has 2 aromatic rings. The van der Waals surface area contributed by atoms with E-state index < -0.39 is 0 Å². The van der Waals surface area contributed by atoms with Crippen molar-refractivity contribution in [3.8, 4) is 0 Å². The average Bonchev–Trinajstić information content (AvgIpc) is 2.74. The van der Waals surface area contributed by atoms with Crippen molar-refractivity contribution < 1.29 is 0 Å². The number of thiophene rings is 1. The first kappa shape index (κ1) is 9.04.